The molecule has 3 aliphatic rings. The quantitative estimate of drug-likeness (QED) is 0.274. The molecular formula is C36H57N3O3. The van der Waals surface area contributed by atoms with Crippen LogP contribution in [0.2, 0.25) is 0 Å². The maximum atomic E-state index is 13.5. The molecule has 1 aromatic rings. The van der Waals surface area contributed by atoms with E-state index in [1.807, 2.05) is 6.07 Å². The molecule has 0 aromatic heterocycles. The molecule has 0 radical (unpaired) electrons. The van der Waals surface area contributed by atoms with Crippen molar-refractivity contribution in [2.45, 2.75) is 125 Å². The molecular weight excluding hydrogens is 522 g/mol. The number of anilines is 2. The maximum Gasteiger partial charge on any atom is 0.251 e. The minimum atomic E-state index is -0.135. The van der Waals surface area contributed by atoms with Gasteiger partial charge in [0.15, 0.2) is 0 Å². The summed E-state index contributed by atoms with van der Waals surface area (Å²) >= 11 is 0. The maximum absolute atomic E-state index is 13.5. The van der Waals surface area contributed by atoms with Gasteiger partial charge in [-0.3, -0.25) is 14.4 Å². The Morgan fingerprint density at radius 2 is 0.905 bits per heavy atom. The largest absolute Gasteiger partial charge is 0.349 e. The topological polar surface area (TPSA) is 87.3 Å². The van der Waals surface area contributed by atoms with Gasteiger partial charge in [-0.2, -0.15) is 0 Å². The summed E-state index contributed by atoms with van der Waals surface area (Å²) in [6.45, 7) is 13.6. The Morgan fingerprint density at radius 3 is 1.26 bits per heavy atom. The summed E-state index contributed by atoms with van der Waals surface area (Å²) in [5.74, 6) is 3.96. The Bertz CT molecular complexity index is 996. The van der Waals surface area contributed by atoms with Crippen LogP contribution in [0.1, 0.15) is 129 Å². The highest BCUT2D eigenvalue weighted by Crippen LogP contribution is 2.36. The monoisotopic (exact) mass is 579 g/mol. The normalized spacial score (nSPS) is 28.5. The minimum absolute atomic E-state index is 0.0113. The predicted octanol–water partition coefficient (Wildman–Crippen LogP) is 8.43. The van der Waals surface area contributed by atoms with Gasteiger partial charge in [-0.15, -0.1) is 0 Å². The van der Waals surface area contributed by atoms with Crippen molar-refractivity contribution in [3.63, 3.8) is 0 Å². The van der Waals surface area contributed by atoms with E-state index in [1.165, 1.54) is 0 Å². The Kier molecular flexibility index (Phi) is 11.5. The SMILES string of the molecule is CC(C)C1CCC(C(=O)Nc2cc(NC(=O)C3CCC(C(C)C)CC3)cc(C(=O)N[C@H]3CC[C@@H](C(C)C)CC3)c2)CC1. The van der Waals surface area contributed by atoms with Gasteiger partial charge < -0.3 is 16.0 Å². The highest BCUT2D eigenvalue weighted by molar-refractivity contribution is 6.01. The smallest absolute Gasteiger partial charge is 0.251 e. The van der Waals surface area contributed by atoms with Crippen LogP contribution in [0.5, 0.6) is 0 Å². The summed E-state index contributed by atoms with van der Waals surface area (Å²) in [6, 6.07) is 5.53. The lowest BCUT2D eigenvalue weighted by Gasteiger charge is -2.31. The molecule has 0 spiro atoms. The molecule has 4 rings (SSSR count). The van der Waals surface area contributed by atoms with Crippen molar-refractivity contribution >= 4 is 29.1 Å². The predicted molar refractivity (Wildman–Crippen MR) is 172 cm³/mol. The molecule has 0 atom stereocenters. The zero-order chi connectivity index (χ0) is 30.4. The molecule has 3 saturated carbocycles. The van der Waals surface area contributed by atoms with Crippen molar-refractivity contribution < 1.29 is 14.4 Å². The van der Waals surface area contributed by atoms with Crippen molar-refractivity contribution in [1.29, 1.82) is 0 Å². The lowest BCUT2D eigenvalue weighted by Crippen LogP contribution is -2.38. The van der Waals surface area contributed by atoms with Gasteiger partial charge in [0.05, 0.1) is 0 Å². The average Bonchev–Trinajstić information content (AvgIpc) is 2.97. The molecule has 3 aliphatic carbocycles. The van der Waals surface area contributed by atoms with Gasteiger partial charge in [-0.05, 0) is 131 Å². The first kappa shape index (κ1) is 32.5. The Morgan fingerprint density at radius 1 is 0.548 bits per heavy atom. The van der Waals surface area contributed by atoms with Crippen molar-refractivity contribution in [3.05, 3.63) is 23.8 Å². The van der Waals surface area contributed by atoms with Crippen LogP contribution in [-0.4, -0.2) is 23.8 Å². The number of amides is 3. The van der Waals surface area contributed by atoms with Crippen molar-refractivity contribution in [2.24, 2.45) is 47.3 Å². The molecule has 0 bridgehead atoms. The van der Waals surface area contributed by atoms with Crippen molar-refractivity contribution in [3.8, 4) is 0 Å². The summed E-state index contributed by atoms with van der Waals surface area (Å²) < 4.78 is 0. The molecule has 6 nitrogen and oxygen atoms in total. The summed E-state index contributed by atoms with van der Waals surface area (Å²) in [5, 5.41) is 9.48. The van der Waals surface area contributed by atoms with Gasteiger partial charge in [0.1, 0.15) is 0 Å². The molecule has 3 fully saturated rings. The van der Waals surface area contributed by atoms with Gasteiger partial charge >= 0.3 is 0 Å². The number of carbonyl (C=O) groups is 3. The Balaban J connectivity index is 1.45. The van der Waals surface area contributed by atoms with Crippen LogP contribution in [0, 0.1) is 47.3 Å². The molecule has 3 amide bonds. The molecule has 1 aromatic carbocycles. The van der Waals surface area contributed by atoms with Crippen LogP contribution >= 0.6 is 0 Å². The van der Waals surface area contributed by atoms with Gasteiger partial charge in [0.25, 0.3) is 5.91 Å². The third-order valence-corrected chi connectivity index (χ3v) is 11.0. The number of nitrogens with one attached hydrogen (secondary N) is 3. The molecule has 0 aliphatic heterocycles. The highest BCUT2D eigenvalue weighted by atomic mass is 16.2. The molecule has 6 heteroatoms. The molecule has 234 valence electrons. The fraction of sp³-hybridized carbons (Fsp3) is 0.750. The lowest BCUT2D eigenvalue weighted by atomic mass is 9.76. The summed E-state index contributed by atoms with van der Waals surface area (Å²) in [4.78, 5) is 40.1. The summed E-state index contributed by atoms with van der Waals surface area (Å²) in [7, 11) is 0. The standard InChI is InChI=1S/C36H57N3O3/c1-22(2)25-7-11-28(12-8-25)34(40)38-32-19-30(36(42)37-31-17-15-27(16-18-31)24(5)6)20-33(21-32)39-35(41)29-13-9-26(10-14-29)23(3)4/h19-29,31H,7-18H2,1-6H3,(H,37,42)(H,38,40)(H,39,41)/t25?,26?,27-,28?,29?,31+. The van der Waals surface area contributed by atoms with E-state index in [1.54, 1.807) is 12.1 Å². The molecule has 0 unspecified atom stereocenters. The second-order valence-corrected chi connectivity index (χ2v) is 14.8. The number of hydrogen-bond acceptors (Lipinski definition) is 3. The number of carbonyl (C=O) groups excluding carboxylic acids is 3. The molecule has 0 saturated heterocycles. The van der Waals surface area contributed by atoms with E-state index < -0.39 is 0 Å². The summed E-state index contributed by atoms with van der Waals surface area (Å²) in [6.07, 6.45) is 12.2. The van der Waals surface area contributed by atoms with E-state index >= 15 is 0 Å². The second kappa shape index (κ2) is 14.9. The Labute approximate surface area is 254 Å². The first-order valence-corrected chi connectivity index (χ1v) is 17.1. The lowest BCUT2D eigenvalue weighted by molar-refractivity contribution is -0.121. The van der Waals surface area contributed by atoms with Crippen LogP contribution in [0.4, 0.5) is 11.4 Å². The van der Waals surface area contributed by atoms with Crippen LogP contribution in [0.25, 0.3) is 0 Å². The molecule has 42 heavy (non-hydrogen) atoms. The number of benzene rings is 1. The number of rotatable bonds is 9. The van der Waals surface area contributed by atoms with E-state index in [9.17, 15) is 14.4 Å². The first-order chi connectivity index (χ1) is 20.0. The fourth-order valence-electron chi connectivity index (χ4n) is 7.69. The van der Waals surface area contributed by atoms with E-state index in [4.69, 9.17) is 0 Å². The third kappa shape index (κ3) is 8.83. The molecule has 3 N–H and O–H groups in total. The number of hydrogen-bond donors (Lipinski definition) is 3. The minimum Gasteiger partial charge on any atom is -0.349 e. The zero-order valence-corrected chi connectivity index (χ0v) is 27.1. The van der Waals surface area contributed by atoms with Crippen LogP contribution in [0.15, 0.2) is 18.2 Å². The van der Waals surface area contributed by atoms with Crippen LogP contribution in [0.3, 0.4) is 0 Å². The van der Waals surface area contributed by atoms with Crippen LogP contribution < -0.4 is 16.0 Å². The van der Waals surface area contributed by atoms with Gasteiger partial charge in [-0.25, -0.2) is 0 Å². The summed E-state index contributed by atoms with van der Waals surface area (Å²) in [5.41, 5.74) is 1.66. The van der Waals surface area contributed by atoms with Crippen molar-refractivity contribution in [1.82, 2.24) is 5.32 Å². The van der Waals surface area contributed by atoms with Gasteiger partial charge in [0, 0.05) is 34.8 Å². The third-order valence-electron chi connectivity index (χ3n) is 11.0. The van der Waals surface area contributed by atoms with E-state index in [-0.39, 0.29) is 35.6 Å². The molecule has 0 heterocycles. The van der Waals surface area contributed by atoms with E-state index in [0.717, 1.165) is 83.0 Å². The van der Waals surface area contributed by atoms with Gasteiger partial charge in [0.2, 0.25) is 11.8 Å². The average molecular weight is 580 g/mol. The van der Waals surface area contributed by atoms with Crippen molar-refractivity contribution in [2.75, 3.05) is 10.6 Å². The van der Waals surface area contributed by atoms with E-state index in [0.29, 0.717) is 46.5 Å². The Hall–Kier alpha value is -2.37. The second-order valence-electron chi connectivity index (χ2n) is 14.8. The van der Waals surface area contributed by atoms with Gasteiger partial charge in [-0.1, -0.05) is 41.5 Å². The zero-order valence-electron chi connectivity index (χ0n) is 27.1. The highest BCUT2D eigenvalue weighted by Gasteiger charge is 2.30. The first-order valence-electron chi connectivity index (χ1n) is 17.1. The van der Waals surface area contributed by atoms with E-state index in [2.05, 4.69) is 57.5 Å². The fourth-order valence-corrected chi connectivity index (χ4v) is 7.69. The van der Waals surface area contributed by atoms with Crippen LogP contribution in [-0.2, 0) is 9.59 Å².